The van der Waals surface area contributed by atoms with Gasteiger partial charge in [0.05, 0.1) is 41.9 Å². The highest BCUT2D eigenvalue weighted by molar-refractivity contribution is 8.76. The lowest BCUT2D eigenvalue weighted by Crippen LogP contribution is -2.67. The fraction of sp³-hybridized carbons (Fsp3) is 0.649. The number of allylic oxidation sites excluding steroid dienone is 1. The van der Waals surface area contributed by atoms with Gasteiger partial charge in [-0.2, -0.15) is 0 Å². The highest BCUT2D eigenvalue weighted by atomic mass is 33.1. The summed E-state index contributed by atoms with van der Waals surface area (Å²) in [5.41, 5.74) is 11.8. The third-order valence-corrected chi connectivity index (χ3v) is 26.9. The number of phenols is 2. The number of nitrogens with two attached hydrogens (primary N) is 1. The van der Waals surface area contributed by atoms with Gasteiger partial charge in [-0.25, -0.2) is 4.99 Å². The van der Waals surface area contributed by atoms with Gasteiger partial charge in [0.15, 0.2) is 35.8 Å². The lowest BCUT2D eigenvalue weighted by Gasteiger charge is -2.61. The first-order chi connectivity index (χ1) is 44.5. The number of guanidine groups is 1. The highest BCUT2D eigenvalue weighted by Gasteiger charge is 2.71. The molecule has 4 fully saturated rings. The molecule has 496 valence electrons. The minimum atomic E-state index is -1.30. The van der Waals surface area contributed by atoms with Crippen molar-refractivity contribution in [1.82, 2.24) is 16.0 Å². The van der Waals surface area contributed by atoms with Crippen molar-refractivity contribution in [2.75, 3.05) is 52.3 Å². The summed E-state index contributed by atoms with van der Waals surface area (Å²) < 4.78 is 26.5. The number of nitrogens with one attached hydrogen (secondary N) is 3. The van der Waals surface area contributed by atoms with Gasteiger partial charge in [0, 0.05) is 72.9 Å². The molecule has 0 saturated heterocycles. The number of hydrogen-bond acceptors (Lipinski definition) is 18. The molecule has 15 unspecified atom stereocenters. The van der Waals surface area contributed by atoms with Crippen LogP contribution in [0, 0.1) is 80.8 Å². The minimum Gasteiger partial charge on any atom is -0.508 e. The number of rotatable bonds is 8. The maximum absolute atomic E-state index is 13.6. The molecule has 0 amide bonds. The van der Waals surface area contributed by atoms with E-state index in [0.717, 1.165) is 81.2 Å². The normalized spacial score (nSPS) is 35.2. The standard InChI is InChI=1S/C74H97N5O11S2/c1-44(2)62-38-92-91-37-60-59-32-58-46-11-15-53(83)30-52(82)14-10-45-13-17-63(85)66(89-43-81)55(45)9-7-8-47(28-46)65(67(58)90-68(59)86)88-42-77-74-41-73(40-70(39-72(73)22-5-6-23-72)24-18-50(35-76-3)56-31-54(84)16-12-48(56)33-70)26-20-51(74)29-57(64(36-80)87-4)49-19-25-71(74,34-49)27-21-61(60)78-69(75)79-62/h12-13,16-17,19,25,28,31,44,49-51,53,57,59-62,64,68,76-77,80-81,83-86H,5-6,8,10-11,14-15,18,20,22-24,26,29-30,32-43H2,1-4H3,(H3,75,78,79). The zero-order chi connectivity index (χ0) is 64.2. The van der Waals surface area contributed by atoms with Gasteiger partial charge in [0.25, 0.3) is 0 Å². The van der Waals surface area contributed by atoms with E-state index < -0.39 is 42.1 Å². The highest BCUT2D eigenvalue weighted by Crippen LogP contribution is 2.77. The predicted octanol–water partition coefficient (Wildman–Crippen LogP) is 9.14. The van der Waals surface area contributed by atoms with E-state index in [9.17, 15) is 35.4 Å². The van der Waals surface area contributed by atoms with Crippen LogP contribution in [-0.4, -0.2) is 131 Å². The first kappa shape index (κ1) is 65.5. The van der Waals surface area contributed by atoms with Crippen molar-refractivity contribution < 1.29 is 54.4 Å². The SMILES string of the molecule is CNCC1CCC2(Cc3ccc(O)cc31)CC1(CCCC1)C1(CCC3CC(C(CO)OC)C4C=CC5(C#CC6NC(N)=NC(C(C)C)CSSCC6C6Cc7c8cc(c(c7OC6O)OCNC35C1)CC#Cc1c(ccc(O)c1OCO)CCC(=O)CC(O)CC8)C4)C2. The Labute approximate surface area is 551 Å². The number of likely N-dealkylation sites (N-methyl/N-ethyl adjacent to an activating group) is 1. The number of aliphatic imine (C=N–C) groups is 1. The van der Waals surface area contributed by atoms with Crippen molar-refractivity contribution in [3.8, 4) is 52.4 Å². The molecule has 16 nitrogen and oxygen atoms in total. The van der Waals surface area contributed by atoms with Crippen LogP contribution in [0.25, 0.3) is 0 Å². The van der Waals surface area contributed by atoms with Crippen LogP contribution in [0.1, 0.15) is 161 Å². The monoisotopic (exact) mass is 1300 g/mol. The van der Waals surface area contributed by atoms with Crippen molar-refractivity contribution in [3.05, 3.63) is 87.5 Å². The van der Waals surface area contributed by atoms with E-state index in [0.29, 0.717) is 71.3 Å². The molecular weight excluding hydrogens is 1200 g/mol. The van der Waals surface area contributed by atoms with Crippen LogP contribution in [0.3, 0.4) is 0 Å². The Morgan fingerprint density at radius 3 is 2.51 bits per heavy atom. The van der Waals surface area contributed by atoms with Crippen LogP contribution in [-0.2, 0) is 41.6 Å². The lowest BCUT2D eigenvalue weighted by molar-refractivity contribution is -0.121. The number of methoxy groups -OCH3 is 1. The first-order valence-corrected chi connectivity index (χ1v) is 36.8. The number of phenolic OH excluding ortho intramolecular Hbond substituents is 2. The average Bonchev–Trinajstić information content (AvgIpc) is 1.48. The molecule has 92 heavy (non-hydrogen) atoms. The molecule has 5 spiro atoms. The summed E-state index contributed by atoms with van der Waals surface area (Å²) >= 11 is 0. The average molecular weight is 1300 g/mol. The molecule has 4 aliphatic heterocycles. The fourth-order valence-corrected chi connectivity index (χ4v) is 22.9. The molecule has 11 aliphatic rings. The largest absolute Gasteiger partial charge is 0.508 e. The number of ketones is 1. The summed E-state index contributed by atoms with van der Waals surface area (Å²) in [5.74, 6) is 17.4. The van der Waals surface area contributed by atoms with E-state index in [-0.39, 0.29) is 120 Å². The molecule has 0 aromatic heterocycles. The Bertz CT molecular complexity index is 3440. The second-order valence-electron chi connectivity index (χ2n) is 29.7. The molecule has 4 heterocycles. The zero-order valence-electron chi connectivity index (χ0n) is 54.2. The third kappa shape index (κ3) is 12.1. The number of fused-ring (bicyclic) bond motifs is 9. The lowest BCUT2D eigenvalue weighted by atomic mass is 9.46. The van der Waals surface area contributed by atoms with Crippen LogP contribution in [0.5, 0.6) is 28.7 Å². The Morgan fingerprint density at radius 1 is 0.902 bits per heavy atom. The van der Waals surface area contributed by atoms with Crippen LogP contribution < -0.4 is 35.9 Å². The molecule has 8 bridgehead atoms. The number of aliphatic hydroxyl groups is 4. The van der Waals surface area contributed by atoms with E-state index >= 15 is 0 Å². The molecule has 0 radical (unpaired) electrons. The quantitative estimate of drug-likeness (QED) is 0.0437. The predicted molar refractivity (Wildman–Crippen MR) is 359 cm³/mol. The fourth-order valence-electron chi connectivity index (χ4n) is 20.0. The Hall–Kier alpha value is -5.12. The van der Waals surface area contributed by atoms with Gasteiger partial charge in [-0.1, -0.05) is 102 Å². The summed E-state index contributed by atoms with van der Waals surface area (Å²) in [6.45, 7) is 4.47. The maximum Gasteiger partial charge on any atom is 0.201 e. The topological polar surface area (TPSA) is 250 Å². The third-order valence-electron chi connectivity index (χ3n) is 24.4. The second-order valence-corrected chi connectivity index (χ2v) is 32.2. The van der Waals surface area contributed by atoms with E-state index in [2.05, 4.69) is 77.8 Å². The summed E-state index contributed by atoms with van der Waals surface area (Å²) in [5, 5.41) is 79.7. The van der Waals surface area contributed by atoms with Gasteiger partial charge < -0.3 is 66.0 Å². The van der Waals surface area contributed by atoms with E-state index in [1.165, 1.54) is 42.9 Å². The number of aliphatic hydroxyl groups excluding tert-OH is 4. The Balaban J connectivity index is 1.01. The number of hydrogen-bond donors (Lipinski definition) is 10. The molecule has 14 rings (SSSR count). The molecule has 7 aliphatic carbocycles. The summed E-state index contributed by atoms with van der Waals surface area (Å²) in [4.78, 5) is 18.8. The maximum atomic E-state index is 13.6. The van der Waals surface area contributed by atoms with E-state index in [1.54, 1.807) is 34.8 Å². The van der Waals surface area contributed by atoms with E-state index in [1.807, 2.05) is 19.2 Å². The summed E-state index contributed by atoms with van der Waals surface area (Å²) in [7, 11) is 7.32. The number of ether oxygens (including phenoxy) is 4. The number of Topliss-reactive ketones (excluding diaryl/α,β-unsaturated/α-hetero) is 1. The molecular formula is C74H97N5O11S2. The van der Waals surface area contributed by atoms with Gasteiger partial charge in [0.1, 0.15) is 18.3 Å². The van der Waals surface area contributed by atoms with E-state index in [4.69, 9.17) is 29.7 Å². The summed E-state index contributed by atoms with van der Waals surface area (Å²) in [6.07, 6.45) is 18.4. The Kier molecular flexibility index (Phi) is 19.1. The van der Waals surface area contributed by atoms with Gasteiger partial charge in [0.2, 0.25) is 6.29 Å². The van der Waals surface area contributed by atoms with Crippen molar-refractivity contribution in [3.63, 3.8) is 0 Å². The number of carbonyl (C=O) groups excluding carboxylic acids is 1. The van der Waals surface area contributed by atoms with Crippen molar-refractivity contribution >= 4 is 33.3 Å². The van der Waals surface area contributed by atoms with Gasteiger partial charge in [-0.3, -0.25) is 10.1 Å². The molecule has 3 aromatic rings. The number of benzene rings is 3. The van der Waals surface area contributed by atoms with Crippen molar-refractivity contribution in [2.24, 2.45) is 67.9 Å². The number of aromatic hydroxyl groups is 2. The smallest absolute Gasteiger partial charge is 0.201 e. The molecule has 15 atom stereocenters. The van der Waals surface area contributed by atoms with Crippen molar-refractivity contribution in [1.29, 1.82) is 0 Å². The molecule has 18 heteroatoms. The van der Waals surface area contributed by atoms with Gasteiger partial charge in [-0.05, 0) is 196 Å². The number of aryl methyl sites for hydroxylation is 2. The number of nitrogens with zero attached hydrogens (tertiary/aromatic N) is 1. The van der Waals surface area contributed by atoms with Crippen LogP contribution >= 0.6 is 21.6 Å². The van der Waals surface area contributed by atoms with Gasteiger partial charge in [-0.15, -0.1) is 0 Å². The molecule has 4 saturated carbocycles. The van der Waals surface area contributed by atoms with Crippen molar-refractivity contribution in [2.45, 2.75) is 191 Å². The molecule has 11 N–H and O–H groups in total. The van der Waals surface area contributed by atoms with Crippen LogP contribution in [0.4, 0.5) is 0 Å². The second kappa shape index (κ2) is 26.8. The van der Waals surface area contributed by atoms with Crippen LogP contribution in [0.2, 0.25) is 0 Å². The zero-order valence-corrected chi connectivity index (χ0v) is 55.8. The molecule has 3 aromatic carbocycles. The minimum absolute atomic E-state index is 0.00657. The van der Waals surface area contributed by atoms with Gasteiger partial charge >= 0.3 is 0 Å². The van der Waals surface area contributed by atoms with Crippen LogP contribution in [0.15, 0.2) is 53.5 Å². The number of carbonyl (C=O) groups is 1. The summed E-state index contributed by atoms with van der Waals surface area (Å²) in [6, 6.07) is 10.9. The first-order valence-electron chi connectivity index (χ1n) is 34.3. The Morgan fingerprint density at radius 2 is 1.72 bits per heavy atom.